The highest BCUT2D eigenvalue weighted by Crippen LogP contribution is 2.32. The van der Waals surface area contributed by atoms with E-state index in [0.717, 1.165) is 5.69 Å². The van der Waals surface area contributed by atoms with Gasteiger partial charge >= 0.3 is 6.03 Å². The zero-order chi connectivity index (χ0) is 16.9. The number of rotatable bonds is 4. The van der Waals surface area contributed by atoms with Gasteiger partial charge in [0, 0.05) is 30.5 Å². The van der Waals surface area contributed by atoms with Gasteiger partial charge in [0.15, 0.2) is 6.10 Å². The van der Waals surface area contributed by atoms with Crippen LogP contribution < -0.4 is 20.7 Å². The van der Waals surface area contributed by atoms with E-state index in [0.29, 0.717) is 30.1 Å². The Morgan fingerprint density at radius 3 is 3.00 bits per heavy atom. The molecular weight excluding hydrogens is 308 g/mol. The monoisotopic (exact) mass is 326 g/mol. The molecule has 0 saturated heterocycles. The number of benzene rings is 1. The minimum absolute atomic E-state index is 0.209. The third-order valence-electron chi connectivity index (χ3n) is 3.56. The van der Waals surface area contributed by atoms with Crippen molar-refractivity contribution in [2.24, 2.45) is 0 Å². The van der Waals surface area contributed by atoms with Crippen LogP contribution in [-0.2, 0) is 11.2 Å². The molecule has 0 aliphatic carbocycles. The third-order valence-corrected chi connectivity index (χ3v) is 3.56. The summed E-state index contributed by atoms with van der Waals surface area (Å²) in [5.41, 5.74) is 2.03. The first-order chi connectivity index (χ1) is 11.6. The van der Waals surface area contributed by atoms with Gasteiger partial charge in [0.25, 0.3) is 5.91 Å². The van der Waals surface area contributed by atoms with E-state index in [-0.39, 0.29) is 11.9 Å². The summed E-state index contributed by atoms with van der Waals surface area (Å²) in [4.78, 5) is 27.7. The van der Waals surface area contributed by atoms with E-state index in [1.165, 1.54) is 0 Å². The van der Waals surface area contributed by atoms with Crippen molar-refractivity contribution in [3.05, 3.63) is 48.3 Å². The van der Waals surface area contributed by atoms with Crippen LogP contribution >= 0.6 is 0 Å². The van der Waals surface area contributed by atoms with E-state index >= 15 is 0 Å². The number of amides is 3. The number of urea groups is 1. The predicted octanol–water partition coefficient (Wildman–Crippen LogP) is 2.17. The molecule has 124 valence electrons. The minimum Gasteiger partial charge on any atom is -0.479 e. The fourth-order valence-corrected chi connectivity index (χ4v) is 2.31. The zero-order valence-corrected chi connectivity index (χ0v) is 13.2. The molecule has 1 aliphatic rings. The van der Waals surface area contributed by atoms with Crippen molar-refractivity contribution < 1.29 is 14.3 Å². The van der Waals surface area contributed by atoms with Gasteiger partial charge in [0.05, 0.1) is 5.69 Å². The topological polar surface area (TPSA) is 92.3 Å². The fraction of sp³-hybridized carbons (Fsp3) is 0.235. The van der Waals surface area contributed by atoms with Crippen molar-refractivity contribution in [1.29, 1.82) is 0 Å². The molecule has 1 aromatic heterocycles. The number of hydrogen-bond donors (Lipinski definition) is 3. The molecule has 2 heterocycles. The number of nitrogens with zero attached hydrogens (tertiary/aromatic N) is 1. The molecule has 3 N–H and O–H groups in total. The van der Waals surface area contributed by atoms with Gasteiger partial charge in [0.1, 0.15) is 5.75 Å². The Bertz CT molecular complexity index is 749. The minimum atomic E-state index is -0.522. The number of aromatic nitrogens is 1. The average molecular weight is 326 g/mol. The first-order valence-corrected chi connectivity index (χ1v) is 7.68. The maximum Gasteiger partial charge on any atom is 0.319 e. The van der Waals surface area contributed by atoms with Crippen molar-refractivity contribution in [3.8, 4) is 5.75 Å². The van der Waals surface area contributed by atoms with E-state index in [1.54, 1.807) is 31.3 Å². The predicted molar refractivity (Wildman–Crippen MR) is 90.1 cm³/mol. The molecule has 2 aromatic rings. The average Bonchev–Trinajstić information content (AvgIpc) is 2.57. The summed E-state index contributed by atoms with van der Waals surface area (Å²) in [5, 5.41) is 8.24. The Morgan fingerprint density at radius 2 is 2.21 bits per heavy atom. The van der Waals surface area contributed by atoms with Crippen molar-refractivity contribution in [2.45, 2.75) is 19.4 Å². The molecule has 24 heavy (non-hydrogen) atoms. The van der Waals surface area contributed by atoms with E-state index in [2.05, 4.69) is 20.9 Å². The second-order valence-corrected chi connectivity index (χ2v) is 5.41. The highest BCUT2D eigenvalue weighted by molar-refractivity contribution is 5.99. The number of nitrogens with one attached hydrogen (secondary N) is 3. The second-order valence-electron chi connectivity index (χ2n) is 5.41. The Balaban J connectivity index is 1.53. The molecule has 0 spiro atoms. The van der Waals surface area contributed by atoms with Gasteiger partial charge in [-0.15, -0.1) is 0 Å². The third kappa shape index (κ3) is 3.81. The second kappa shape index (κ2) is 6.99. The molecule has 3 rings (SSSR count). The van der Waals surface area contributed by atoms with Crippen molar-refractivity contribution in [2.75, 3.05) is 17.2 Å². The first-order valence-electron chi connectivity index (χ1n) is 7.68. The van der Waals surface area contributed by atoms with Crippen LogP contribution in [-0.4, -0.2) is 29.6 Å². The molecule has 1 aromatic carbocycles. The summed E-state index contributed by atoms with van der Waals surface area (Å²) in [6.45, 7) is 2.16. The smallest absolute Gasteiger partial charge is 0.319 e. The number of ether oxygens (including phenoxy) is 1. The van der Waals surface area contributed by atoms with Crippen LogP contribution in [0.2, 0.25) is 0 Å². The molecule has 0 radical (unpaired) electrons. The molecule has 1 atom stereocenters. The maximum absolute atomic E-state index is 11.9. The van der Waals surface area contributed by atoms with Crippen LogP contribution in [0.3, 0.4) is 0 Å². The van der Waals surface area contributed by atoms with Gasteiger partial charge in [-0.3, -0.25) is 9.78 Å². The lowest BCUT2D eigenvalue weighted by molar-refractivity contribution is -0.122. The van der Waals surface area contributed by atoms with Gasteiger partial charge in [-0.2, -0.15) is 0 Å². The largest absolute Gasteiger partial charge is 0.479 e. The van der Waals surface area contributed by atoms with Crippen molar-refractivity contribution >= 4 is 23.3 Å². The van der Waals surface area contributed by atoms with Crippen LogP contribution in [0, 0.1) is 0 Å². The Kier molecular flexibility index (Phi) is 4.60. The lowest BCUT2D eigenvalue weighted by atomic mass is 10.2. The standard InChI is InChI=1S/C17H18N4O3/c1-11-16(22)21-14-10-13(5-6-15(14)24-11)20-17(23)19-9-7-12-4-2-3-8-18-12/h2-6,8,10-11H,7,9H2,1H3,(H,21,22)(H2,19,20,23)/t11-/m0/s1. The lowest BCUT2D eigenvalue weighted by Gasteiger charge is -2.23. The number of carbonyl (C=O) groups excluding carboxylic acids is 2. The van der Waals surface area contributed by atoms with E-state index < -0.39 is 6.10 Å². The molecule has 7 heteroatoms. The Hall–Kier alpha value is -3.09. The molecule has 1 aliphatic heterocycles. The summed E-state index contributed by atoms with van der Waals surface area (Å²) in [7, 11) is 0. The highest BCUT2D eigenvalue weighted by atomic mass is 16.5. The summed E-state index contributed by atoms with van der Waals surface area (Å²) >= 11 is 0. The molecule has 3 amide bonds. The molecule has 7 nitrogen and oxygen atoms in total. The highest BCUT2D eigenvalue weighted by Gasteiger charge is 2.23. The Morgan fingerprint density at radius 1 is 1.33 bits per heavy atom. The van der Waals surface area contributed by atoms with Gasteiger partial charge in [-0.1, -0.05) is 6.07 Å². The van der Waals surface area contributed by atoms with Gasteiger partial charge in [-0.05, 0) is 37.3 Å². The number of pyridine rings is 1. The summed E-state index contributed by atoms with van der Waals surface area (Å²) in [6, 6.07) is 10.5. The number of fused-ring (bicyclic) bond motifs is 1. The van der Waals surface area contributed by atoms with Gasteiger partial charge in [-0.25, -0.2) is 4.79 Å². The summed E-state index contributed by atoms with van der Waals surface area (Å²) in [5.74, 6) is 0.377. The molecule has 0 unspecified atom stereocenters. The maximum atomic E-state index is 11.9. The van der Waals surface area contributed by atoms with Crippen LogP contribution in [0.4, 0.5) is 16.2 Å². The van der Waals surface area contributed by atoms with Crippen LogP contribution in [0.1, 0.15) is 12.6 Å². The number of anilines is 2. The van der Waals surface area contributed by atoms with Gasteiger partial charge < -0.3 is 20.7 Å². The lowest BCUT2D eigenvalue weighted by Crippen LogP contribution is -2.34. The molecular formula is C17H18N4O3. The molecule has 0 saturated carbocycles. The number of carbonyl (C=O) groups is 2. The van der Waals surface area contributed by atoms with Crippen molar-refractivity contribution in [3.63, 3.8) is 0 Å². The van der Waals surface area contributed by atoms with Gasteiger partial charge in [0.2, 0.25) is 0 Å². The zero-order valence-electron chi connectivity index (χ0n) is 13.2. The van der Waals surface area contributed by atoms with E-state index in [9.17, 15) is 9.59 Å². The summed E-state index contributed by atoms with van der Waals surface area (Å²) in [6.07, 6.45) is 1.85. The van der Waals surface area contributed by atoms with Crippen LogP contribution in [0.5, 0.6) is 5.75 Å². The summed E-state index contributed by atoms with van der Waals surface area (Å²) < 4.78 is 5.47. The molecule has 0 fully saturated rings. The number of hydrogen-bond acceptors (Lipinski definition) is 4. The van der Waals surface area contributed by atoms with E-state index in [4.69, 9.17) is 4.74 Å². The van der Waals surface area contributed by atoms with Crippen molar-refractivity contribution in [1.82, 2.24) is 10.3 Å². The normalized spacial score (nSPS) is 15.7. The van der Waals surface area contributed by atoms with Crippen LogP contribution in [0.15, 0.2) is 42.6 Å². The first kappa shape index (κ1) is 15.8. The quantitative estimate of drug-likeness (QED) is 0.803. The Labute approximate surface area is 139 Å². The van der Waals surface area contributed by atoms with E-state index in [1.807, 2.05) is 18.2 Å². The van der Waals surface area contributed by atoms with Crippen LogP contribution in [0.25, 0.3) is 0 Å². The molecule has 0 bridgehead atoms. The fourth-order valence-electron chi connectivity index (χ4n) is 2.31. The SMILES string of the molecule is C[C@@H]1Oc2ccc(NC(=O)NCCc3ccccn3)cc2NC1=O.